The van der Waals surface area contributed by atoms with Gasteiger partial charge >= 0.3 is 5.97 Å². The zero-order valence-electron chi connectivity index (χ0n) is 11.8. The van der Waals surface area contributed by atoms with Gasteiger partial charge in [-0.25, -0.2) is 0 Å². The van der Waals surface area contributed by atoms with Crippen molar-refractivity contribution in [2.24, 2.45) is 11.8 Å². The molecule has 1 saturated heterocycles. The number of amides is 2. The Morgan fingerprint density at radius 3 is 2.41 bits per heavy atom. The Bertz CT molecular complexity index is 706. The summed E-state index contributed by atoms with van der Waals surface area (Å²) in [5.74, 6) is -3.35. The van der Waals surface area contributed by atoms with Crippen molar-refractivity contribution in [3.05, 3.63) is 39.9 Å². The summed E-state index contributed by atoms with van der Waals surface area (Å²) in [6, 6.07) is 5.42. The molecule has 1 saturated carbocycles. The van der Waals surface area contributed by atoms with E-state index in [-0.39, 0.29) is 11.3 Å². The number of nitro benzene ring substituents is 1. The third-order valence-electron chi connectivity index (χ3n) is 4.46. The summed E-state index contributed by atoms with van der Waals surface area (Å²) in [4.78, 5) is 47.9. The van der Waals surface area contributed by atoms with E-state index in [1.165, 1.54) is 31.3 Å². The summed E-state index contributed by atoms with van der Waals surface area (Å²) in [5.41, 5.74) is -1.39. The van der Waals surface area contributed by atoms with E-state index in [9.17, 15) is 24.5 Å². The normalized spacial score (nSPS) is 29.3. The molecule has 2 aliphatic rings. The molecule has 1 heterocycles. The smallest absolute Gasteiger partial charge is 0.317 e. The van der Waals surface area contributed by atoms with Crippen molar-refractivity contribution in [3.63, 3.8) is 0 Å². The summed E-state index contributed by atoms with van der Waals surface area (Å²) in [5, 5.41) is 10.9. The first-order chi connectivity index (χ1) is 10.4. The molecule has 0 N–H and O–H groups in total. The molecule has 1 unspecified atom stereocenters. The number of methoxy groups -OCH3 is 1. The lowest BCUT2D eigenvalue weighted by Gasteiger charge is -2.21. The number of rotatable bonds is 3. The van der Waals surface area contributed by atoms with Crippen LogP contribution in [-0.4, -0.2) is 41.8 Å². The van der Waals surface area contributed by atoms with Gasteiger partial charge in [-0.05, 0) is 5.56 Å². The highest BCUT2D eigenvalue weighted by Gasteiger charge is 2.82. The highest BCUT2D eigenvalue weighted by Crippen LogP contribution is 2.65. The molecule has 8 heteroatoms. The van der Waals surface area contributed by atoms with E-state index in [1.54, 1.807) is 0 Å². The average Bonchev–Trinajstić information content (AvgIpc) is 3.16. The first kappa shape index (κ1) is 14.2. The van der Waals surface area contributed by atoms with Crippen molar-refractivity contribution in [1.82, 2.24) is 4.90 Å². The van der Waals surface area contributed by atoms with Gasteiger partial charge in [0.25, 0.3) is 5.69 Å². The highest BCUT2D eigenvalue weighted by atomic mass is 16.6. The first-order valence-corrected chi connectivity index (χ1v) is 6.52. The van der Waals surface area contributed by atoms with E-state index >= 15 is 0 Å². The van der Waals surface area contributed by atoms with Crippen LogP contribution in [0.2, 0.25) is 0 Å². The summed E-state index contributed by atoms with van der Waals surface area (Å²) in [6.07, 6.45) is 0. The van der Waals surface area contributed by atoms with Crippen LogP contribution in [0.5, 0.6) is 0 Å². The van der Waals surface area contributed by atoms with Gasteiger partial charge in [-0.1, -0.05) is 12.1 Å². The van der Waals surface area contributed by atoms with Gasteiger partial charge in [0.15, 0.2) is 0 Å². The van der Waals surface area contributed by atoms with E-state index < -0.39 is 40.0 Å². The summed E-state index contributed by atoms with van der Waals surface area (Å²) < 4.78 is 4.77. The maximum atomic E-state index is 12.3. The minimum absolute atomic E-state index is 0.209. The predicted molar refractivity (Wildman–Crippen MR) is 71.5 cm³/mol. The van der Waals surface area contributed by atoms with Crippen molar-refractivity contribution in [2.45, 2.75) is 5.41 Å². The zero-order valence-corrected chi connectivity index (χ0v) is 11.8. The molecule has 1 aromatic rings. The number of imide groups is 1. The molecule has 3 atom stereocenters. The number of fused-ring (bicyclic) bond motifs is 1. The Morgan fingerprint density at radius 2 is 1.91 bits per heavy atom. The van der Waals surface area contributed by atoms with Crippen LogP contribution >= 0.6 is 0 Å². The standard InChI is InChI=1S/C14H12N2O6/c1-15-11(17)9-10(12(15)18)14(9,13(19)22-2)7-4-3-5-8(6-7)16(20)21/h3-6,9-10H,1-2H3/t9-,10+,14?. The Morgan fingerprint density at radius 1 is 1.32 bits per heavy atom. The van der Waals surface area contributed by atoms with Crippen molar-refractivity contribution < 1.29 is 24.0 Å². The third kappa shape index (κ3) is 1.49. The van der Waals surface area contributed by atoms with Crippen LogP contribution in [0.3, 0.4) is 0 Å². The molecule has 0 aromatic heterocycles. The zero-order chi connectivity index (χ0) is 16.2. The maximum Gasteiger partial charge on any atom is 0.317 e. The largest absolute Gasteiger partial charge is 0.468 e. The number of ether oxygens (including phenoxy) is 1. The molecule has 0 radical (unpaired) electrons. The quantitative estimate of drug-likeness (QED) is 0.343. The second-order valence-corrected chi connectivity index (χ2v) is 5.36. The van der Waals surface area contributed by atoms with Crippen LogP contribution in [0, 0.1) is 22.0 Å². The Balaban J connectivity index is 2.14. The molecule has 2 amide bonds. The van der Waals surface area contributed by atoms with Gasteiger partial charge in [-0.3, -0.25) is 29.4 Å². The molecular formula is C14H12N2O6. The van der Waals surface area contributed by atoms with Crippen molar-refractivity contribution in [2.75, 3.05) is 14.2 Å². The molecule has 114 valence electrons. The maximum absolute atomic E-state index is 12.3. The molecule has 1 aromatic carbocycles. The Hall–Kier alpha value is -2.77. The molecule has 22 heavy (non-hydrogen) atoms. The molecule has 1 aliphatic heterocycles. The topological polar surface area (TPSA) is 107 Å². The predicted octanol–water partition coefficient (Wildman–Crippen LogP) is 0.250. The number of likely N-dealkylation sites (tertiary alicyclic amines) is 1. The van der Waals surface area contributed by atoms with Gasteiger partial charge in [0.1, 0.15) is 5.41 Å². The van der Waals surface area contributed by atoms with E-state index in [0.29, 0.717) is 0 Å². The fourth-order valence-electron chi connectivity index (χ4n) is 3.37. The number of nitrogens with zero attached hydrogens (tertiary/aromatic N) is 2. The molecule has 8 nitrogen and oxygen atoms in total. The highest BCUT2D eigenvalue weighted by molar-refractivity contribution is 6.17. The first-order valence-electron chi connectivity index (χ1n) is 6.52. The van der Waals surface area contributed by atoms with E-state index in [1.807, 2.05) is 0 Å². The van der Waals surface area contributed by atoms with Gasteiger partial charge in [0, 0.05) is 19.2 Å². The lowest BCUT2D eigenvalue weighted by atomic mass is 9.89. The summed E-state index contributed by atoms with van der Waals surface area (Å²) >= 11 is 0. The Kier molecular flexibility index (Phi) is 2.81. The summed E-state index contributed by atoms with van der Waals surface area (Å²) in [7, 11) is 2.51. The molecule has 0 spiro atoms. The molecule has 1 aliphatic carbocycles. The fraction of sp³-hybridized carbons (Fsp3) is 0.357. The fourth-order valence-corrected chi connectivity index (χ4v) is 3.37. The second-order valence-electron chi connectivity index (χ2n) is 5.36. The number of piperidine rings is 1. The number of hydrogen-bond donors (Lipinski definition) is 0. The van der Waals surface area contributed by atoms with Crippen molar-refractivity contribution in [1.29, 1.82) is 0 Å². The van der Waals surface area contributed by atoms with Crippen LogP contribution < -0.4 is 0 Å². The molecular weight excluding hydrogens is 292 g/mol. The lowest BCUT2D eigenvalue weighted by molar-refractivity contribution is -0.384. The number of non-ortho nitro benzene ring substituents is 1. The number of carbonyl (C=O) groups excluding carboxylic acids is 3. The van der Waals surface area contributed by atoms with Crippen LogP contribution in [0.25, 0.3) is 0 Å². The minimum Gasteiger partial charge on any atom is -0.468 e. The van der Waals surface area contributed by atoms with Gasteiger partial charge in [0.05, 0.1) is 23.9 Å². The van der Waals surface area contributed by atoms with E-state index in [4.69, 9.17) is 4.74 Å². The Labute approximate surface area is 124 Å². The molecule has 3 rings (SSSR count). The average molecular weight is 304 g/mol. The number of carbonyl (C=O) groups is 3. The number of esters is 1. The van der Waals surface area contributed by atoms with Gasteiger partial charge in [-0.2, -0.15) is 0 Å². The SMILES string of the molecule is COC(=O)C1(c2cccc([N+](=O)[O-])c2)[C@@H]2C(=O)N(C)C(=O)[C@@H]21. The molecule has 0 bridgehead atoms. The number of benzene rings is 1. The van der Waals surface area contributed by atoms with E-state index in [2.05, 4.69) is 0 Å². The second kappa shape index (κ2) is 4.36. The van der Waals surface area contributed by atoms with Gasteiger partial charge in [0.2, 0.25) is 11.8 Å². The lowest BCUT2D eigenvalue weighted by Crippen LogP contribution is -2.40. The van der Waals surface area contributed by atoms with Crippen molar-refractivity contribution in [3.8, 4) is 0 Å². The monoisotopic (exact) mass is 304 g/mol. The van der Waals surface area contributed by atoms with Crippen LogP contribution in [0.1, 0.15) is 5.56 Å². The van der Waals surface area contributed by atoms with Crippen LogP contribution in [0.15, 0.2) is 24.3 Å². The van der Waals surface area contributed by atoms with E-state index in [0.717, 1.165) is 12.0 Å². The molecule has 2 fully saturated rings. The van der Waals surface area contributed by atoms with Gasteiger partial charge in [-0.15, -0.1) is 0 Å². The van der Waals surface area contributed by atoms with Gasteiger partial charge < -0.3 is 4.74 Å². The number of hydrogen-bond acceptors (Lipinski definition) is 6. The van der Waals surface area contributed by atoms with Crippen LogP contribution in [0.4, 0.5) is 5.69 Å². The number of nitro groups is 1. The summed E-state index contributed by atoms with van der Waals surface area (Å²) in [6.45, 7) is 0. The van der Waals surface area contributed by atoms with Crippen LogP contribution in [-0.2, 0) is 24.5 Å². The third-order valence-corrected chi connectivity index (χ3v) is 4.46. The minimum atomic E-state index is -1.44. The van der Waals surface area contributed by atoms with Crippen molar-refractivity contribution >= 4 is 23.5 Å².